The molecule has 4 aromatic rings. The van der Waals surface area contributed by atoms with Gasteiger partial charge in [-0.2, -0.15) is 23.0 Å². The van der Waals surface area contributed by atoms with Crippen LogP contribution in [0.2, 0.25) is 0 Å². The Morgan fingerprint density at radius 2 is 1.94 bits per heavy atom. The number of tetrazole rings is 1. The minimum atomic E-state index is -4.44. The second kappa shape index (κ2) is 9.69. The number of alkyl halides is 3. The van der Waals surface area contributed by atoms with Crippen molar-refractivity contribution in [3.63, 3.8) is 0 Å². The molecule has 12 heteroatoms. The second-order valence-corrected chi connectivity index (χ2v) is 7.51. The Hall–Kier alpha value is -3.93. The molecule has 2 aromatic heterocycles. The molecule has 0 saturated heterocycles. The smallest absolute Gasteiger partial charge is 0.416 e. The summed E-state index contributed by atoms with van der Waals surface area (Å²) in [5.41, 5.74) is 2.63. The van der Waals surface area contributed by atoms with Crippen LogP contribution >= 0.6 is 11.8 Å². The third-order valence-electron chi connectivity index (χ3n) is 4.26. The normalized spacial score (nSPS) is 11.7. The second-order valence-electron chi connectivity index (χ2n) is 6.57. The first kappa shape index (κ1) is 22.3. The number of rotatable bonds is 7. The predicted molar refractivity (Wildman–Crippen MR) is 115 cm³/mol. The summed E-state index contributed by atoms with van der Waals surface area (Å²) in [5.74, 6) is 0.127. The topological polar surface area (TPSA) is 98.2 Å². The lowest BCUT2D eigenvalue weighted by molar-refractivity contribution is -0.137. The van der Waals surface area contributed by atoms with Crippen LogP contribution in [-0.2, 0) is 11.0 Å². The molecule has 8 nitrogen and oxygen atoms in total. The lowest BCUT2D eigenvalue weighted by Crippen LogP contribution is -2.19. The third kappa shape index (κ3) is 5.66. The van der Waals surface area contributed by atoms with Crippen molar-refractivity contribution in [2.75, 3.05) is 5.75 Å². The molecule has 0 atom stereocenters. The number of hydrogen-bond acceptors (Lipinski definition) is 7. The SMILES string of the molecule is O=C(CSc1nnnn1-c1ccccc1)N/N=C/c1ccc(-c2cccc(C(F)(F)F)c2)o1. The zero-order valence-electron chi connectivity index (χ0n) is 16.7. The first-order valence-electron chi connectivity index (χ1n) is 9.46. The van der Waals surface area contributed by atoms with E-state index < -0.39 is 17.6 Å². The highest BCUT2D eigenvalue weighted by Gasteiger charge is 2.30. The summed E-state index contributed by atoms with van der Waals surface area (Å²) in [7, 11) is 0. The van der Waals surface area contributed by atoms with Gasteiger partial charge in [0, 0.05) is 5.56 Å². The minimum absolute atomic E-state index is 0.0121. The number of furan rings is 1. The Bertz CT molecular complexity index is 1270. The Labute approximate surface area is 189 Å². The van der Waals surface area contributed by atoms with E-state index in [0.29, 0.717) is 5.16 Å². The van der Waals surface area contributed by atoms with E-state index in [-0.39, 0.29) is 22.8 Å². The van der Waals surface area contributed by atoms with Crippen molar-refractivity contribution in [3.05, 3.63) is 78.1 Å². The van der Waals surface area contributed by atoms with Crippen molar-refractivity contribution in [1.29, 1.82) is 0 Å². The molecule has 1 N–H and O–H groups in total. The van der Waals surface area contributed by atoms with Crippen molar-refractivity contribution in [2.45, 2.75) is 11.3 Å². The number of amides is 1. The number of hydrogen-bond donors (Lipinski definition) is 1. The van der Waals surface area contributed by atoms with E-state index in [0.717, 1.165) is 29.6 Å². The van der Waals surface area contributed by atoms with Crippen LogP contribution in [0.1, 0.15) is 11.3 Å². The van der Waals surface area contributed by atoms with Crippen molar-refractivity contribution in [2.24, 2.45) is 5.10 Å². The molecule has 4 rings (SSSR count). The average Bonchev–Trinajstić information content (AvgIpc) is 3.48. The number of hydrazone groups is 1. The molecule has 0 aliphatic carbocycles. The first-order valence-corrected chi connectivity index (χ1v) is 10.4. The molecule has 2 aromatic carbocycles. The fraction of sp³-hybridized carbons (Fsp3) is 0.0952. The zero-order chi connectivity index (χ0) is 23.3. The molecule has 0 saturated carbocycles. The lowest BCUT2D eigenvalue weighted by atomic mass is 10.1. The van der Waals surface area contributed by atoms with Gasteiger partial charge in [-0.3, -0.25) is 4.79 Å². The van der Waals surface area contributed by atoms with Gasteiger partial charge in [-0.1, -0.05) is 42.1 Å². The minimum Gasteiger partial charge on any atom is -0.455 e. The number of carbonyl (C=O) groups excluding carboxylic acids is 1. The van der Waals surface area contributed by atoms with E-state index in [4.69, 9.17) is 4.42 Å². The third-order valence-corrected chi connectivity index (χ3v) is 5.18. The van der Waals surface area contributed by atoms with Crippen LogP contribution in [0.25, 0.3) is 17.0 Å². The highest BCUT2D eigenvalue weighted by Crippen LogP contribution is 2.32. The summed E-state index contributed by atoms with van der Waals surface area (Å²) >= 11 is 1.13. The Morgan fingerprint density at radius 1 is 1.12 bits per heavy atom. The van der Waals surface area contributed by atoms with E-state index in [1.54, 1.807) is 0 Å². The van der Waals surface area contributed by atoms with Crippen molar-refractivity contribution < 1.29 is 22.4 Å². The van der Waals surface area contributed by atoms with Gasteiger partial charge < -0.3 is 4.42 Å². The molecule has 0 radical (unpaired) electrons. The van der Waals surface area contributed by atoms with Gasteiger partial charge in [0.25, 0.3) is 5.91 Å². The van der Waals surface area contributed by atoms with Crippen LogP contribution < -0.4 is 5.43 Å². The van der Waals surface area contributed by atoms with Crippen LogP contribution in [0.5, 0.6) is 0 Å². The van der Waals surface area contributed by atoms with Gasteiger partial charge in [-0.15, -0.1) is 5.10 Å². The highest BCUT2D eigenvalue weighted by molar-refractivity contribution is 7.99. The monoisotopic (exact) mass is 472 g/mol. The van der Waals surface area contributed by atoms with E-state index in [1.165, 1.54) is 35.2 Å². The Morgan fingerprint density at radius 3 is 2.73 bits per heavy atom. The number of nitrogens with zero attached hydrogens (tertiary/aromatic N) is 5. The first-order chi connectivity index (χ1) is 15.9. The number of benzene rings is 2. The van der Waals surface area contributed by atoms with E-state index in [1.807, 2.05) is 30.3 Å². The van der Waals surface area contributed by atoms with Crippen molar-refractivity contribution in [1.82, 2.24) is 25.6 Å². The summed E-state index contributed by atoms with van der Waals surface area (Å²) < 4.78 is 45.7. The molecule has 2 heterocycles. The number of halogens is 3. The number of aromatic nitrogens is 4. The van der Waals surface area contributed by atoms with Gasteiger partial charge in [0.1, 0.15) is 11.5 Å². The van der Waals surface area contributed by atoms with Crippen LogP contribution in [0.15, 0.2) is 81.4 Å². The van der Waals surface area contributed by atoms with Gasteiger partial charge in [-0.05, 0) is 46.8 Å². The van der Waals surface area contributed by atoms with Crippen LogP contribution in [0.3, 0.4) is 0 Å². The van der Waals surface area contributed by atoms with Crippen LogP contribution in [0.4, 0.5) is 13.2 Å². The number of nitrogens with one attached hydrogen (secondary N) is 1. The largest absolute Gasteiger partial charge is 0.455 e. The molecular formula is C21H15F3N6O2S. The number of thioether (sulfide) groups is 1. The molecule has 168 valence electrons. The van der Waals surface area contributed by atoms with Gasteiger partial charge >= 0.3 is 6.18 Å². The Kier molecular flexibility index (Phi) is 6.54. The van der Waals surface area contributed by atoms with Crippen molar-refractivity contribution >= 4 is 23.9 Å². The average molecular weight is 472 g/mol. The molecule has 33 heavy (non-hydrogen) atoms. The fourth-order valence-electron chi connectivity index (χ4n) is 2.76. The maximum atomic E-state index is 12.9. The summed E-state index contributed by atoms with van der Waals surface area (Å²) in [5, 5.41) is 15.7. The summed E-state index contributed by atoms with van der Waals surface area (Å²) in [6, 6.07) is 17.1. The maximum Gasteiger partial charge on any atom is 0.416 e. The molecule has 0 aliphatic rings. The maximum absolute atomic E-state index is 12.9. The van der Waals surface area contributed by atoms with Gasteiger partial charge in [0.05, 0.1) is 23.2 Å². The van der Waals surface area contributed by atoms with Gasteiger partial charge in [0.2, 0.25) is 5.16 Å². The summed E-state index contributed by atoms with van der Waals surface area (Å²) in [6.07, 6.45) is -3.19. The highest BCUT2D eigenvalue weighted by atomic mass is 32.2. The number of para-hydroxylation sites is 1. The van der Waals surface area contributed by atoms with Crippen LogP contribution in [0, 0.1) is 0 Å². The van der Waals surface area contributed by atoms with E-state index in [9.17, 15) is 18.0 Å². The quantitative estimate of drug-likeness (QED) is 0.246. The van der Waals surface area contributed by atoms with E-state index >= 15 is 0 Å². The number of carbonyl (C=O) groups is 1. The van der Waals surface area contributed by atoms with Crippen LogP contribution in [-0.4, -0.2) is 38.1 Å². The molecule has 0 spiro atoms. The predicted octanol–water partition coefficient (Wildman–Crippen LogP) is 4.18. The molecule has 0 unspecified atom stereocenters. The fourth-order valence-corrected chi connectivity index (χ4v) is 3.44. The molecule has 1 amide bonds. The van der Waals surface area contributed by atoms with Gasteiger partial charge in [-0.25, -0.2) is 5.43 Å². The molecule has 0 bridgehead atoms. The van der Waals surface area contributed by atoms with E-state index in [2.05, 4.69) is 26.1 Å². The zero-order valence-corrected chi connectivity index (χ0v) is 17.5. The molecular weight excluding hydrogens is 457 g/mol. The molecule has 0 aliphatic heterocycles. The summed E-state index contributed by atoms with van der Waals surface area (Å²) in [6.45, 7) is 0. The molecule has 0 fully saturated rings. The van der Waals surface area contributed by atoms with Gasteiger partial charge in [0.15, 0.2) is 0 Å². The summed E-state index contributed by atoms with van der Waals surface area (Å²) in [4.78, 5) is 12.1. The van der Waals surface area contributed by atoms with Crippen molar-refractivity contribution in [3.8, 4) is 17.0 Å². The Balaban J connectivity index is 1.32. The standard InChI is InChI=1S/C21H15F3N6O2S/c22-21(23,24)15-6-4-5-14(11-15)18-10-9-17(32-18)12-25-26-19(31)13-33-20-27-28-29-30(20)16-7-2-1-3-8-16/h1-12H,13H2,(H,26,31)/b25-12+. The lowest BCUT2D eigenvalue weighted by Gasteiger charge is -2.07.